The molecule has 0 aliphatic carbocycles. The highest BCUT2D eigenvalue weighted by molar-refractivity contribution is 5.43. The third-order valence-corrected chi connectivity index (χ3v) is 3.65. The largest absolute Gasteiger partial charge is 0.457 e. The van der Waals surface area contributed by atoms with Crippen LogP contribution in [0.2, 0.25) is 0 Å². The van der Waals surface area contributed by atoms with Gasteiger partial charge in [0, 0.05) is 5.56 Å². The Morgan fingerprint density at radius 1 is 1.05 bits per heavy atom. The topological polar surface area (TPSA) is 35.2 Å². The lowest BCUT2D eigenvalue weighted by Crippen LogP contribution is -2.12. The van der Waals surface area contributed by atoms with Crippen molar-refractivity contribution in [2.24, 2.45) is 5.73 Å². The first-order chi connectivity index (χ1) is 9.91. The van der Waals surface area contributed by atoms with Crippen molar-refractivity contribution in [3.05, 3.63) is 59.2 Å². The molecule has 2 aromatic rings. The molecule has 2 nitrogen and oxygen atoms in total. The molecule has 2 N–H and O–H groups in total. The summed E-state index contributed by atoms with van der Waals surface area (Å²) < 4.78 is 6.12. The number of nitrogens with two attached hydrogens (primary N) is 1. The quantitative estimate of drug-likeness (QED) is 0.891. The van der Waals surface area contributed by atoms with Crippen molar-refractivity contribution in [2.75, 3.05) is 6.54 Å². The first-order valence-electron chi connectivity index (χ1n) is 7.49. The van der Waals surface area contributed by atoms with Gasteiger partial charge >= 0.3 is 0 Å². The standard InChI is InChI=1S/C19H25NO/c1-14-13-16(10-9-15(14)11-12-20)21-18-8-6-5-7-17(18)19(2,3)4/h5-10,13H,11-12,20H2,1-4H3. The molecule has 0 bridgehead atoms. The molecule has 0 spiro atoms. The number of ether oxygens (including phenoxy) is 1. The molecule has 0 aliphatic rings. The van der Waals surface area contributed by atoms with Crippen LogP contribution in [0.3, 0.4) is 0 Å². The predicted molar refractivity (Wildman–Crippen MR) is 89.2 cm³/mol. The number of hydrogen-bond donors (Lipinski definition) is 1. The Hall–Kier alpha value is -1.80. The first-order valence-corrected chi connectivity index (χ1v) is 7.49. The molecular formula is C19H25NO. The highest BCUT2D eigenvalue weighted by Crippen LogP contribution is 2.34. The van der Waals surface area contributed by atoms with E-state index in [0.29, 0.717) is 6.54 Å². The highest BCUT2D eigenvalue weighted by Gasteiger charge is 2.18. The van der Waals surface area contributed by atoms with Gasteiger partial charge in [-0.05, 0) is 54.6 Å². The van der Waals surface area contributed by atoms with Crippen molar-refractivity contribution in [2.45, 2.75) is 39.5 Å². The van der Waals surface area contributed by atoms with E-state index in [1.165, 1.54) is 16.7 Å². The molecule has 0 aromatic heterocycles. The molecule has 0 fully saturated rings. The zero-order chi connectivity index (χ0) is 15.5. The van der Waals surface area contributed by atoms with E-state index in [2.05, 4.69) is 52.0 Å². The van der Waals surface area contributed by atoms with E-state index in [-0.39, 0.29) is 5.41 Å². The lowest BCUT2D eigenvalue weighted by molar-refractivity contribution is 0.455. The smallest absolute Gasteiger partial charge is 0.131 e. The zero-order valence-electron chi connectivity index (χ0n) is 13.4. The minimum Gasteiger partial charge on any atom is -0.457 e. The van der Waals surface area contributed by atoms with Gasteiger partial charge in [-0.2, -0.15) is 0 Å². The van der Waals surface area contributed by atoms with Crippen molar-refractivity contribution < 1.29 is 4.74 Å². The Balaban J connectivity index is 2.29. The van der Waals surface area contributed by atoms with Crippen LogP contribution in [0, 0.1) is 6.92 Å². The summed E-state index contributed by atoms with van der Waals surface area (Å²) in [6, 6.07) is 14.5. The van der Waals surface area contributed by atoms with E-state index in [0.717, 1.165) is 17.9 Å². The van der Waals surface area contributed by atoms with Crippen LogP contribution in [-0.2, 0) is 11.8 Å². The monoisotopic (exact) mass is 283 g/mol. The summed E-state index contributed by atoms with van der Waals surface area (Å²) >= 11 is 0. The van der Waals surface area contributed by atoms with Crippen LogP contribution < -0.4 is 10.5 Å². The Bertz CT molecular complexity index is 611. The van der Waals surface area contributed by atoms with Crippen molar-refractivity contribution in [1.29, 1.82) is 0 Å². The van der Waals surface area contributed by atoms with E-state index in [4.69, 9.17) is 10.5 Å². The molecule has 0 saturated carbocycles. The summed E-state index contributed by atoms with van der Waals surface area (Å²) in [7, 11) is 0. The number of aryl methyl sites for hydroxylation is 1. The fourth-order valence-electron chi connectivity index (χ4n) is 2.47. The molecule has 0 amide bonds. The lowest BCUT2D eigenvalue weighted by atomic mass is 9.86. The van der Waals surface area contributed by atoms with Crippen LogP contribution in [0.15, 0.2) is 42.5 Å². The minimum atomic E-state index is 0.0606. The molecule has 112 valence electrons. The average Bonchev–Trinajstić information content (AvgIpc) is 2.41. The normalized spacial score (nSPS) is 11.5. The Morgan fingerprint density at radius 3 is 2.38 bits per heavy atom. The number of para-hydroxylation sites is 1. The fourth-order valence-corrected chi connectivity index (χ4v) is 2.47. The maximum absolute atomic E-state index is 6.12. The molecule has 0 saturated heterocycles. The maximum atomic E-state index is 6.12. The minimum absolute atomic E-state index is 0.0606. The Morgan fingerprint density at radius 2 is 1.76 bits per heavy atom. The van der Waals surface area contributed by atoms with E-state index in [1.807, 2.05) is 18.2 Å². The fraction of sp³-hybridized carbons (Fsp3) is 0.368. The Labute approximate surface area is 127 Å². The molecule has 2 aromatic carbocycles. The van der Waals surface area contributed by atoms with Crippen LogP contribution in [0.1, 0.15) is 37.5 Å². The second-order valence-corrected chi connectivity index (χ2v) is 6.48. The summed E-state index contributed by atoms with van der Waals surface area (Å²) in [5.41, 5.74) is 9.42. The summed E-state index contributed by atoms with van der Waals surface area (Å²) in [6.07, 6.45) is 0.907. The van der Waals surface area contributed by atoms with Crippen molar-refractivity contribution >= 4 is 0 Å². The van der Waals surface area contributed by atoms with Crippen LogP contribution in [0.5, 0.6) is 11.5 Å². The van der Waals surface area contributed by atoms with Gasteiger partial charge < -0.3 is 10.5 Å². The SMILES string of the molecule is Cc1cc(Oc2ccccc2C(C)(C)C)ccc1CCN. The van der Waals surface area contributed by atoms with Gasteiger partial charge in [-0.25, -0.2) is 0 Å². The number of hydrogen-bond acceptors (Lipinski definition) is 2. The second kappa shape index (κ2) is 6.31. The van der Waals surface area contributed by atoms with Crippen molar-refractivity contribution in [3.63, 3.8) is 0 Å². The van der Waals surface area contributed by atoms with Crippen LogP contribution in [0.4, 0.5) is 0 Å². The molecule has 0 atom stereocenters. The zero-order valence-corrected chi connectivity index (χ0v) is 13.4. The maximum Gasteiger partial charge on any atom is 0.131 e. The van der Waals surface area contributed by atoms with Gasteiger partial charge in [-0.3, -0.25) is 0 Å². The summed E-state index contributed by atoms with van der Waals surface area (Å²) in [5, 5.41) is 0. The average molecular weight is 283 g/mol. The Kier molecular flexibility index (Phi) is 4.69. The van der Waals surface area contributed by atoms with Gasteiger partial charge in [0.2, 0.25) is 0 Å². The molecule has 0 aliphatic heterocycles. The van der Waals surface area contributed by atoms with Gasteiger partial charge in [0.25, 0.3) is 0 Å². The van der Waals surface area contributed by atoms with Gasteiger partial charge in [0.1, 0.15) is 11.5 Å². The predicted octanol–water partition coefficient (Wildman–Crippen LogP) is 4.59. The summed E-state index contributed by atoms with van der Waals surface area (Å²) in [5.74, 6) is 1.81. The van der Waals surface area contributed by atoms with Gasteiger partial charge in [0.15, 0.2) is 0 Å². The molecule has 0 radical (unpaired) electrons. The molecule has 0 unspecified atom stereocenters. The van der Waals surface area contributed by atoms with Gasteiger partial charge in [0.05, 0.1) is 0 Å². The van der Waals surface area contributed by atoms with E-state index in [1.54, 1.807) is 0 Å². The third kappa shape index (κ3) is 3.85. The molecule has 21 heavy (non-hydrogen) atoms. The van der Waals surface area contributed by atoms with E-state index >= 15 is 0 Å². The van der Waals surface area contributed by atoms with Gasteiger partial charge in [-0.15, -0.1) is 0 Å². The lowest BCUT2D eigenvalue weighted by Gasteiger charge is -2.22. The molecule has 0 heterocycles. The van der Waals surface area contributed by atoms with Gasteiger partial charge in [-0.1, -0.05) is 45.0 Å². The van der Waals surface area contributed by atoms with E-state index < -0.39 is 0 Å². The van der Waals surface area contributed by atoms with Crippen LogP contribution in [-0.4, -0.2) is 6.54 Å². The molecular weight excluding hydrogens is 258 g/mol. The number of benzene rings is 2. The summed E-state index contributed by atoms with van der Waals surface area (Å²) in [4.78, 5) is 0. The second-order valence-electron chi connectivity index (χ2n) is 6.48. The van der Waals surface area contributed by atoms with Crippen molar-refractivity contribution in [3.8, 4) is 11.5 Å². The summed E-state index contributed by atoms with van der Waals surface area (Å²) in [6.45, 7) is 9.38. The van der Waals surface area contributed by atoms with Crippen molar-refractivity contribution in [1.82, 2.24) is 0 Å². The van der Waals surface area contributed by atoms with E-state index in [9.17, 15) is 0 Å². The highest BCUT2D eigenvalue weighted by atomic mass is 16.5. The van der Waals surface area contributed by atoms with Crippen LogP contribution in [0.25, 0.3) is 0 Å². The van der Waals surface area contributed by atoms with Crippen LogP contribution >= 0.6 is 0 Å². The third-order valence-electron chi connectivity index (χ3n) is 3.65. The number of rotatable bonds is 4. The molecule has 2 heteroatoms. The molecule has 2 rings (SSSR count). The first kappa shape index (κ1) is 15.6.